The van der Waals surface area contributed by atoms with E-state index in [1.165, 1.54) is 12.1 Å². The van der Waals surface area contributed by atoms with E-state index in [1.54, 1.807) is 19.1 Å². The number of sulfonamides is 1. The molecule has 0 saturated heterocycles. The molecule has 0 amide bonds. The van der Waals surface area contributed by atoms with Crippen LogP contribution in [-0.2, 0) is 19.6 Å². The molecule has 0 heterocycles. The molecule has 1 N–H and O–H groups in total. The van der Waals surface area contributed by atoms with Crippen LogP contribution in [0.25, 0.3) is 0 Å². The zero-order valence-electron chi connectivity index (χ0n) is 14.7. The predicted octanol–water partition coefficient (Wildman–Crippen LogP) is 3.77. The highest BCUT2D eigenvalue weighted by atomic mass is 127. The summed E-state index contributed by atoms with van der Waals surface area (Å²) in [5.74, 6) is -0.569. The van der Waals surface area contributed by atoms with Crippen LogP contribution in [0, 0.1) is 6.92 Å². The molecular weight excluding hydrogens is 465 g/mol. The molecule has 0 saturated carbocycles. The van der Waals surface area contributed by atoms with Gasteiger partial charge in [-0.2, -0.15) is 4.72 Å². The summed E-state index contributed by atoms with van der Waals surface area (Å²) in [7, 11) is -3.82. The van der Waals surface area contributed by atoms with Gasteiger partial charge in [0.05, 0.1) is 11.5 Å². The lowest BCUT2D eigenvalue weighted by Gasteiger charge is -2.20. The number of hydrogen-bond donors (Lipinski definition) is 1. The maximum absolute atomic E-state index is 12.7. The summed E-state index contributed by atoms with van der Waals surface area (Å²) in [6.07, 6.45) is 0.300. The number of aryl methyl sites for hydroxylation is 1. The van der Waals surface area contributed by atoms with Gasteiger partial charge in [-0.3, -0.25) is 4.79 Å². The number of carbonyl (C=O) groups is 1. The Hall–Kier alpha value is -1.45. The van der Waals surface area contributed by atoms with Gasteiger partial charge in [0.15, 0.2) is 0 Å². The quantitative estimate of drug-likeness (QED) is 0.350. The monoisotopic (exact) mass is 487 g/mol. The van der Waals surface area contributed by atoms with Crippen molar-refractivity contribution in [3.05, 3.63) is 65.7 Å². The summed E-state index contributed by atoms with van der Waals surface area (Å²) < 4.78 is 32.9. The number of hydrogen-bond acceptors (Lipinski definition) is 4. The molecule has 0 fully saturated rings. The maximum Gasteiger partial charge on any atom is 0.324 e. The molecule has 2 unspecified atom stereocenters. The second-order valence-corrected chi connectivity index (χ2v) is 9.07. The molecule has 0 aliphatic heterocycles. The SMILES string of the molecule is CCOC(=O)C(CC(I)c1ccccc1)NS(=O)(=O)c1ccc(C)cc1. The van der Waals surface area contributed by atoms with Crippen molar-refractivity contribution in [3.63, 3.8) is 0 Å². The molecule has 2 aromatic rings. The van der Waals surface area contributed by atoms with Crippen molar-refractivity contribution in [2.75, 3.05) is 6.61 Å². The molecule has 0 spiro atoms. The number of halogens is 1. The van der Waals surface area contributed by atoms with E-state index in [4.69, 9.17) is 4.74 Å². The van der Waals surface area contributed by atoms with Crippen molar-refractivity contribution < 1.29 is 17.9 Å². The highest BCUT2D eigenvalue weighted by Gasteiger charge is 2.29. The van der Waals surface area contributed by atoms with Crippen molar-refractivity contribution in [2.45, 2.75) is 35.1 Å². The molecule has 0 aliphatic rings. The van der Waals surface area contributed by atoms with Crippen LogP contribution in [0.4, 0.5) is 0 Å². The van der Waals surface area contributed by atoms with E-state index in [0.717, 1.165) is 11.1 Å². The lowest BCUT2D eigenvalue weighted by atomic mass is 10.1. The van der Waals surface area contributed by atoms with Gasteiger partial charge in [-0.05, 0) is 38.0 Å². The second-order valence-electron chi connectivity index (χ2n) is 5.85. The molecular formula is C19H22INO4S. The first-order valence-corrected chi connectivity index (χ1v) is 11.0. The van der Waals surface area contributed by atoms with Crippen LogP contribution in [0.3, 0.4) is 0 Å². The van der Waals surface area contributed by atoms with Crippen LogP contribution >= 0.6 is 22.6 Å². The summed E-state index contributed by atoms with van der Waals surface area (Å²) in [5.41, 5.74) is 1.99. The van der Waals surface area contributed by atoms with Gasteiger partial charge in [0, 0.05) is 3.92 Å². The van der Waals surface area contributed by atoms with E-state index < -0.39 is 22.0 Å². The summed E-state index contributed by atoms with van der Waals surface area (Å²) in [6.45, 7) is 3.77. The third-order valence-electron chi connectivity index (χ3n) is 3.80. The van der Waals surface area contributed by atoms with Gasteiger partial charge in [-0.25, -0.2) is 8.42 Å². The van der Waals surface area contributed by atoms with Crippen molar-refractivity contribution in [1.29, 1.82) is 0 Å². The average molecular weight is 487 g/mol. The van der Waals surface area contributed by atoms with Gasteiger partial charge in [0.1, 0.15) is 6.04 Å². The number of esters is 1. The van der Waals surface area contributed by atoms with Crippen LogP contribution in [0.2, 0.25) is 0 Å². The second kappa shape index (κ2) is 9.48. The largest absolute Gasteiger partial charge is 0.465 e. The lowest BCUT2D eigenvalue weighted by Crippen LogP contribution is -2.42. The number of carbonyl (C=O) groups excluding carboxylic acids is 1. The number of nitrogens with one attached hydrogen (secondary N) is 1. The smallest absolute Gasteiger partial charge is 0.324 e. The Kier molecular flexibility index (Phi) is 7.60. The van der Waals surface area contributed by atoms with Crippen molar-refractivity contribution in [3.8, 4) is 0 Å². The van der Waals surface area contributed by atoms with Crippen LogP contribution < -0.4 is 4.72 Å². The average Bonchev–Trinajstić information content (AvgIpc) is 2.62. The van der Waals surface area contributed by atoms with E-state index in [1.807, 2.05) is 37.3 Å². The molecule has 2 atom stereocenters. The van der Waals surface area contributed by atoms with Gasteiger partial charge < -0.3 is 4.74 Å². The molecule has 0 aromatic heterocycles. The maximum atomic E-state index is 12.7. The first-order chi connectivity index (χ1) is 12.3. The normalized spacial score (nSPS) is 13.8. The van der Waals surface area contributed by atoms with Crippen LogP contribution in [0.15, 0.2) is 59.5 Å². The van der Waals surface area contributed by atoms with Gasteiger partial charge >= 0.3 is 5.97 Å². The highest BCUT2D eigenvalue weighted by molar-refractivity contribution is 14.1. The summed E-state index contributed by atoms with van der Waals surface area (Å²) in [4.78, 5) is 12.4. The Morgan fingerprint density at radius 3 is 2.31 bits per heavy atom. The van der Waals surface area contributed by atoms with E-state index in [9.17, 15) is 13.2 Å². The Balaban J connectivity index is 2.21. The van der Waals surface area contributed by atoms with Gasteiger partial charge in [-0.1, -0.05) is 70.6 Å². The van der Waals surface area contributed by atoms with Gasteiger partial charge in [0.2, 0.25) is 10.0 Å². The first-order valence-electron chi connectivity index (χ1n) is 8.28. The van der Waals surface area contributed by atoms with Gasteiger partial charge in [-0.15, -0.1) is 0 Å². The van der Waals surface area contributed by atoms with Crippen LogP contribution in [0.5, 0.6) is 0 Å². The number of rotatable bonds is 8. The first kappa shape index (κ1) is 20.9. The standard InChI is InChI=1S/C19H22INO4S/c1-3-25-19(22)18(13-17(20)15-7-5-4-6-8-15)21-26(23,24)16-11-9-14(2)10-12-16/h4-12,17-18,21H,3,13H2,1-2H3. The fraction of sp³-hybridized carbons (Fsp3) is 0.316. The van der Waals surface area contributed by atoms with E-state index in [2.05, 4.69) is 27.3 Å². The Morgan fingerprint density at radius 2 is 1.73 bits per heavy atom. The number of alkyl halides is 1. The predicted molar refractivity (Wildman–Crippen MR) is 110 cm³/mol. The van der Waals surface area contributed by atoms with Gasteiger partial charge in [0.25, 0.3) is 0 Å². The molecule has 0 bridgehead atoms. The molecule has 7 heteroatoms. The Labute approximate surface area is 168 Å². The molecule has 26 heavy (non-hydrogen) atoms. The topological polar surface area (TPSA) is 72.5 Å². The number of benzene rings is 2. The van der Waals surface area contributed by atoms with E-state index in [-0.39, 0.29) is 15.4 Å². The third-order valence-corrected chi connectivity index (χ3v) is 6.52. The molecule has 0 radical (unpaired) electrons. The molecule has 2 rings (SSSR count). The Bertz CT molecular complexity index is 822. The highest BCUT2D eigenvalue weighted by Crippen LogP contribution is 2.29. The molecule has 140 valence electrons. The van der Waals surface area contributed by atoms with E-state index in [0.29, 0.717) is 6.42 Å². The summed E-state index contributed by atoms with van der Waals surface area (Å²) in [6, 6.07) is 15.2. The lowest BCUT2D eigenvalue weighted by molar-refractivity contribution is -0.145. The fourth-order valence-corrected chi connectivity index (χ4v) is 4.53. The zero-order chi connectivity index (χ0) is 19.2. The molecule has 2 aromatic carbocycles. The zero-order valence-corrected chi connectivity index (χ0v) is 17.7. The third kappa shape index (κ3) is 5.78. The minimum atomic E-state index is -3.82. The Morgan fingerprint density at radius 1 is 1.12 bits per heavy atom. The van der Waals surface area contributed by atoms with Crippen molar-refractivity contribution in [1.82, 2.24) is 4.72 Å². The van der Waals surface area contributed by atoms with Crippen molar-refractivity contribution >= 4 is 38.6 Å². The minimum absolute atomic E-state index is 0.0380. The molecule has 0 aliphatic carbocycles. The number of ether oxygens (including phenoxy) is 1. The minimum Gasteiger partial charge on any atom is -0.465 e. The van der Waals surface area contributed by atoms with E-state index >= 15 is 0 Å². The van der Waals surface area contributed by atoms with Crippen LogP contribution in [-0.4, -0.2) is 27.0 Å². The van der Waals surface area contributed by atoms with Crippen molar-refractivity contribution in [2.24, 2.45) is 0 Å². The summed E-state index contributed by atoms with van der Waals surface area (Å²) in [5, 5.41) is 0. The fourth-order valence-electron chi connectivity index (χ4n) is 2.41. The molecule has 5 nitrogen and oxygen atoms in total. The summed E-state index contributed by atoms with van der Waals surface area (Å²) >= 11 is 2.21. The van der Waals surface area contributed by atoms with Crippen LogP contribution in [0.1, 0.15) is 28.4 Å².